The van der Waals surface area contributed by atoms with Crippen LogP contribution in [0.3, 0.4) is 0 Å². The van der Waals surface area contributed by atoms with Crippen molar-refractivity contribution < 1.29 is 4.74 Å². The molecule has 0 aliphatic rings. The molecule has 1 aromatic heterocycles. The van der Waals surface area contributed by atoms with E-state index < -0.39 is 0 Å². The minimum atomic E-state index is 0.383. The molecule has 0 aliphatic carbocycles. The number of pyridine rings is 1. The fraction of sp³-hybridized carbons (Fsp3) is 0.438. The van der Waals surface area contributed by atoms with E-state index in [4.69, 9.17) is 21.3 Å². The number of nitrogens with zero attached hydrogens (tertiary/aromatic N) is 1. The Morgan fingerprint density at radius 2 is 2.10 bits per heavy atom. The van der Waals surface area contributed by atoms with Gasteiger partial charge in [0.1, 0.15) is 17.1 Å². The molecule has 20 heavy (non-hydrogen) atoms. The van der Waals surface area contributed by atoms with Gasteiger partial charge in [-0.05, 0) is 36.1 Å². The van der Waals surface area contributed by atoms with Gasteiger partial charge in [0.05, 0.1) is 12.1 Å². The molecule has 0 saturated carbocycles. The second-order valence-corrected chi connectivity index (χ2v) is 5.56. The zero-order valence-corrected chi connectivity index (χ0v) is 13.2. The standard InChI is InChI=1S/C16H21ClN2O/c1-5-8-18-16-11(10(2)3)9-12-13(17)6-7-14(20-4)15(12)19-16/h6-7,9-10H,5,8H2,1-4H3,(H,18,19). The summed E-state index contributed by atoms with van der Waals surface area (Å²) in [5.41, 5.74) is 1.99. The number of rotatable bonds is 5. The van der Waals surface area contributed by atoms with Crippen LogP contribution >= 0.6 is 11.6 Å². The number of nitrogens with one attached hydrogen (secondary N) is 1. The van der Waals surface area contributed by atoms with E-state index in [1.165, 1.54) is 5.56 Å². The summed E-state index contributed by atoms with van der Waals surface area (Å²) in [5.74, 6) is 2.06. The molecule has 2 rings (SSSR count). The second kappa shape index (κ2) is 6.31. The third-order valence-corrected chi connectivity index (χ3v) is 3.64. The van der Waals surface area contributed by atoms with Gasteiger partial charge in [-0.2, -0.15) is 0 Å². The first-order valence-electron chi connectivity index (χ1n) is 6.99. The molecule has 1 aromatic carbocycles. The lowest BCUT2D eigenvalue weighted by Gasteiger charge is -2.16. The number of methoxy groups -OCH3 is 1. The summed E-state index contributed by atoms with van der Waals surface area (Å²) in [5, 5.41) is 5.04. The fourth-order valence-electron chi connectivity index (χ4n) is 2.21. The largest absolute Gasteiger partial charge is 0.494 e. The van der Waals surface area contributed by atoms with Crippen LogP contribution in [-0.2, 0) is 0 Å². The van der Waals surface area contributed by atoms with Crippen molar-refractivity contribution in [2.45, 2.75) is 33.1 Å². The van der Waals surface area contributed by atoms with Gasteiger partial charge < -0.3 is 10.1 Å². The van der Waals surface area contributed by atoms with Gasteiger partial charge >= 0.3 is 0 Å². The summed E-state index contributed by atoms with van der Waals surface area (Å²) in [4.78, 5) is 4.74. The maximum atomic E-state index is 6.30. The Morgan fingerprint density at radius 1 is 1.35 bits per heavy atom. The molecule has 0 fully saturated rings. The number of halogens is 1. The van der Waals surface area contributed by atoms with Crippen LogP contribution in [-0.4, -0.2) is 18.6 Å². The lowest BCUT2D eigenvalue weighted by atomic mass is 10.0. The highest BCUT2D eigenvalue weighted by atomic mass is 35.5. The Labute approximate surface area is 125 Å². The van der Waals surface area contributed by atoms with Crippen LogP contribution in [0.2, 0.25) is 5.02 Å². The number of aromatic nitrogens is 1. The molecular formula is C16H21ClN2O. The van der Waals surface area contributed by atoms with E-state index in [0.29, 0.717) is 10.9 Å². The van der Waals surface area contributed by atoms with Crippen molar-refractivity contribution in [3.8, 4) is 5.75 Å². The number of ether oxygens (including phenoxy) is 1. The van der Waals surface area contributed by atoms with E-state index >= 15 is 0 Å². The molecule has 0 unspecified atom stereocenters. The highest BCUT2D eigenvalue weighted by molar-refractivity contribution is 6.35. The van der Waals surface area contributed by atoms with Crippen molar-refractivity contribution >= 4 is 28.3 Å². The summed E-state index contributed by atoms with van der Waals surface area (Å²) in [6.45, 7) is 7.36. The minimum Gasteiger partial charge on any atom is -0.494 e. The highest BCUT2D eigenvalue weighted by Gasteiger charge is 2.14. The van der Waals surface area contributed by atoms with Gasteiger partial charge in [-0.15, -0.1) is 0 Å². The Kier molecular flexibility index (Phi) is 4.71. The van der Waals surface area contributed by atoms with E-state index in [1.807, 2.05) is 12.1 Å². The summed E-state index contributed by atoms with van der Waals surface area (Å²) in [7, 11) is 1.65. The molecule has 0 bridgehead atoms. The maximum Gasteiger partial charge on any atom is 0.145 e. The van der Waals surface area contributed by atoms with Crippen molar-refractivity contribution in [2.75, 3.05) is 19.0 Å². The molecule has 1 N–H and O–H groups in total. The fourth-order valence-corrected chi connectivity index (χ4v) is 2.41. The zero-order valence-electron chi connectivity index (χ0n) is 12.5. The summed E-state index contributed by atoms with van der Waals surface area (Å²) in [6.07, 6.45) is 1.06. The second-order valence-electron chi connectivity index (χ2n) is 5.15. The van der Waals surface area contributed by atoms with Crippen LogP contribution < -0.4 is 10.1 Å². The number of fused-ring (bicyclic) bond motifs is 1. The molecule has 0 amide bonds. The van der Waals surface area contributed by atoms with Gasteiger partial charge in [0.15, 0.2) is 0 Å². The van der Waals surface area contributed by atoms with Gasteiger partial charge in [0, 0.05) is 11.9 Å². The first kappa shape index (κ1) is 14.9. The smallest absolute Gasteiger partial charge is 0.145 e. The summed E-state index contributed by atoms with van der Waals surface area (Å²) in [6, 6.07) is 5.83. The molecular weight excluding hydrogens is 272 g/mol. The Morgan fingerprint density at radius 3 is 2.70 bits per heavy atom. The van der Waals surface area contributed by atoms with Crippen LogP contribution in [0, 0.1) is 0 Å². The molecule has 0 radical (unpaired) electrons. The molecule has 0 saturated heterocycles. The zero-order chi connectivity index (χ0) is 14.7. The van der Waals surface area contributed by atoms with E-state index in [-0.39, 0.29) is 0 Å². The lowest BCUT2D eigenvalue weighted by Crippen LogP contribution is -2.07. The van der Waals surface area contributed by atoms with E-state index in [2.05, 4.69) is 32.2 Å². The van der Waals surface area contributed by atoms with E-state index in [1.54, 1.807) is 7.11 Å². The van der Waals surface area contributed by atoms with Gasteiger partial charge in [0.25, 0.3) is 0 Å². The van der Waals surface area contributed by atoms with Crippen molar-refractivity contribution in [3.63, 3.8) is 0 Å². The molecule has 0 aliphatic heterocycles. The molecule has 0 atom stereocenters. The topological polar surface area (TPSA) is 34.2 Å². The molecule has 2 aromatic rings. The molecule has 3 nitrogen and oxygen atoms in total. The monoisotopic (exact) mass is 292 g/mol. The van der Waals surface area contributed by atoms with Crippen molar-refractivity contribution in [1.82, 2.24) is 4.98 Å². The van der Waals surface area contributed by atoms with Gasteiger partial charge in [-0.25, -0.2) is 4.98 Å². The molecule has 0 spiro atoms. The van der Waals surface area contributed by atoms with Crippen LogP contribution in [0.5, 0.6) is 5.75 Å². The first-order valence-corrected chi connectivity index (χ1v) is 7.37. The number of anilines is 1. The number of hydrogen-bond donors (Lipinski definition) is 1. The summed E-state index contributed by atoms with van der Waals surface area (Å²) < 4.78 is 5.39. The highest BCUT2D eigenvalue weighted by Crippen LogP contribution is 2.35. The van der Waals surface area contributed by atoms with E-state index in [9.17, 15) is 0 Å². The van der Waals surface area contributed by atoms with Crippen molar-refractivity contribution in [3.05, 3.63) is 28.8 Å². The average molecular weight is 293 g/mol. The van der Waals surface area contributed by atoms with Crippen LogP contribution in [0.1, 0.15) is 38.7 Å². The van der Waals surface area contributed by atoms with E-state index in [0.717, 1.165) is 35.4 Å². The third-order valence-electron chi connectivity index (χ3n) is 3.31. The number of benzene rings is 1. The van der Waals surface area contributed by atoms with Gasteiger partial charge in [-0.3, -0.25) is 0 Å². The Hall–Kier alpha value is -1.48. The van der Waals surface area contributed by atoms with Crippen LogP contribution in [0.15, 0.2) is 18.2 Å². The number of hydrogen-bond acceptors (Lipinski definition) is 3. The quantitative estimate of drug-likeness (QED) is 0.856. The predicted octanol–water partition coefficient (Wildman–Crippen LogP) is 4.84. The van der Waals surface area contributed by atoms with Crippen molar-refractivity contribution in [1.29, 1.82) is 0 Å². The van der Waals surface area contributed by atoms with Crippen LogP contribution in [0.4, 0.5) is 5.82 Å². The van der Waals surface area contributed by atoms with Gasteiger partial charge in [-0.1, -0.05) is 32.4 Å². The lowest BCUT2D eigenvalue weighted by molar-refractivity contribution is 0.419. The third kappa shape index (κ3) is 2.83. The van der Waals surface area contributed by atoms with Gasteiger partial charge in [0.2, 0.25) is 0 Å². The SMILES string of the molecule is CCCNc1nc2c(OC)ccc(Cl)c2cc1C(C)C. The minimum absolute atomic E-state index is 0.383. The Bertz CT molecular complexity index is 611. The normalized spacial score (nSPS) is 11.1. The first-order chi connectivity index (χ1) is 9.58. The van der Waals surface area contributed by atoms with Crippen molar-refractivity contribution in [2.24, 2.45) is 0 Å². The average Bonchev–Trinajstić information content (AvgIpc) is 2.44. The molecule has 1 heterocycles. The summed E-state index contributed by atoms with van der Waals surface area (Å²) >= 11 is 6.30. The molecule has 108 valence electrons. The predicted molar refractivity (Wildman–Crippen MR) is 86.2 cm³/mol. The molecule has 4 heteroatoms. The Balaban J connectivity index is 2.67. The maximum absolute atomic E-state index is 6.30. The van der Waals surface area contributed by atoms with Crippen LogP contribution in [0.25, 0.3) is 10.9 Å².